The molecule has 0 bridgehead atoms. The second-order valence-electron chi connectivity index (χ2n) is 7.41. The van der Waals surface area contributed by atoms with Crippen LogP contribution < -0.4 is 16.8 Å². The Hall–Kier alpha value is -4.34. The van der Waals surface area contributed by atoms with Crippen molar-refractivity contribution in [3.63, 3.8) is 0 Å². The molecule has 4 rings (SSSR count). The molecule has 10 heteroatoms. The molecular formula is C23H19F3N6O. The van der Waals surface area contributed by atoms with Gasteiger partial charge in [0.25, 0.3) is 5.91 Å². The molecule has 2 aromatic carbocycles. The van der Waals surface area contributed by atoms with Crippen LogP contribution in [0.15, 0.2) is 54.9 Å². The van der Waals surface area contributed by atoms with Crippen LogP contribution in [0.2, 0.25) is 0 Å². The summed E-state index contributed by atoms with van der Waals surface area (Å²) in [6.45, 7) is -0.123. The van der Waals surface area contributed by atoms with Crippen molar-refractivity contribution in [1.29, 1.82) is 5.41 Å². The SMILES string of the molecule is N=Cc1cc(-c2c[nH]c3cnc(N)cc23)cc(C(=O)NCc2cccc(C(F)(F)F)c2)c1N. The Balaban J connectivity index is 1.67. The number of nitrogen functional groups attached to an aromatic ring is 2. The van der Waals surface area contributed by atoms with E-state index < -0.39 is 17.6 Å². The molecule has 0 saturated heterocycles. The molecule has 0 spiro atoms. The number of nitrogens with two attached hydrogens (primary N) is 2. The third-order valence-electron chi connectivity index (χ3n) is 5.22. The highest BCUT2D eigenvalue weighted by molar-refractivity contribution is 6.06. The average Bonchev–Trinajstić information content (AvgIpc) is 3.20. The highest BCUT2D eigenvalue weighted by atomic mass is 19.4. The maximum atomic E-state index is 12.9. The third kappa shape index (κ3) is 4.36. The minimum atomic E-state index is -4.48. The van der Waals surface area contributed by atoms with Crippen LogP contribution in [0.1, 0.15) is 27.0 Å². The maximum absolute atomic E-state index is 12.9. The third-order valence-corrected chi connectivity index (χ3v) is 5.22. The molecule has 0 saturated carbocycles. The van der Waals surface area contributed by atoms with E-state index in [1.807, 2.05) is 0 Å². The first-order valence-corrected chi connectivity index (χ1v) is 9.78. The molecule has 0 aliphatic heterocycles. The van der Waals surface area contributed by atoms with E-state index in [-0.39, 0.29) is 17.8 Å². The van der Waals surface area contributed by atoms with E-state index in [1.165, 1.54) is 12.1 Å². The zero-order valence-electron chi connectivity index (χ0n) is 17.1. The number of carbonyl (C=O) groups is 1. The summed E-state index contributed by atoms with van der Waals surface area (Å²) >= 11 is 0. The first-order chi connectivity index (χ1) is 15.7. The lowest BCUT2D eigenvalue weighted by molar-refractivity contribution is -0.137. The number of benzene rings is 2. The number of alkyl halides is 3. The van der Waals surface area contributed by atoms with Crippen molar-refractivity contribution in [1.82, 2.24) is 15.3 Å². The van der Waals surface area contributed by atoms with Crippen LogP contribution in [0.5, 0.6) is 0 Å². The summed E-state index contributed by atoms with van der Waals surface area (Å²) in [6, 6.07) is 9.65. The van der Waals surface area contributed by atoms with Gasteiger partial charge in [-0.15, -0.1) is 0 Å². The zero-order chi connectivity index (χ0) is 23.8. The molecule has 2 aromatic heterocycles. The number of carbonyl (C=O) groups excluding carboxylic acids is 1. The number of anilines is 2. The van der Waals surface area contributed by atoms with Gasteiger partial charge in [0.05, 0.1) is 28.5 Å². The monoisotopic (exact) mass is 452 g/mol. The number of aromatic amines is 1. The van der Waals surface area contributed by atoms with Gasteiger partial charge in [-0.05, 0) is 41.5 Å². The number of pyridine rings is 1. The first-order valence-electron chi connectivity index (χ1n) is 9.78. The van der Waals surface area contributed by atoms with E-state index >= 15 is 0 Å². The number of aromatic nitrogens is 2. The predicted octanol–water partition coefficient (Wildman–Crippen LogP) is 4.34. The van der Waals surface area contributed by atoms with Crippen LogP contribution >= 0.6 is 0 Å². The van der Waals surface area contributed by atoms with Crippen molar-refractivity contribution in [3.05, 3.63) is 77.1 Å². The Kier molecular flexibility index (Phi) is 5.50. The second-order valence-corrected chi connectivity index (χ2v) is 7.41. The van der Waals surface area contributed by atoms with Crippen LogP contribution in [0.25, 0.3) is 22.0 Å². The van der Waals surface area contributed by atoms with Gasteiger partial charge in [-0.3, -0.25) is 4.79 Å². The molecule has 0 aliphatic rings. The average molecular weight is 452 g/mol. The topological polar surface area (TPSA) is 134 Å². The summed E-state index contributed by atoms with van der Waals surface area (Å²) in [5.41, 5.74) is 14.0. The van der Waals surface area contributed by atoms with Crippen molar-refractivity contribution in [2.45, 2.75) is 12.7 Å². The summed E-state index contributed by atoms with van der Waals surface area (Å²) in [5, 5.41) is 11.1. The molecule has 1 amide bonds. The summed E-state index contributed by atoms with van der Waals surface area (Å²) in [6.07, 6.45) is -0.121. The van der Waals surface area contributed by atoms with Crippen molar-refractivity contribution in [3.8, 4) is 11.1 Å². The van der Waals surface area contributed by atoms with Gasteiger partial charge in [0.15, 0.2) is 0 Å². The lowest BCUT2D eigenvalue weighted by Crippen LogP contribution is -2.24. The minimum absolute atomic E-state index is 0.0938. The van der Waals surface area contributed by atoms with Crippen LogP contribution in [0.4, 0.5) is 24.7 Å². The van der Waals surface area contributed by atoms with Crippen LogP contribution in [0.3, 0.4) is 0 Å². The maximum Gasteiger partial charge on any atom is 0.416 e. The van der Waals surface area contributed by atoms with Crippen LogP contribution in [0, 0.1) is 5.41 Å². The number of nitrogens with zero attached hydrogens (tertiary/aromatic N) is 1. The number of amides is 1. The van der Waals surface area contributed by atoms with Gasteiger partial charge in [0.2, 0.25) is 0 Å². The quantitative estimate of drug-likeness (QED) is 0.227. The normalized spacial score (nSPS) is 11.5. The number of fused-ring (bicyclic) bond motifs is 1. The molecule has 2 heterocycles. The zero-order valence-corrected chi connectivity index (χ0v) is 17.1. The van der Waals surface area contributed by atoms with E-state index in [0.717, 1.165) is 34.8 Å². The molecule has 0 radical (unpaired) electrons. The van der Waals surface area contributed by atoms with Crippen LogP contribution in [-0.2, 0) is 12.7 Å². The minimum Gasteiger partial charge on any atom is -0.398 e. The lowest BCUT2D eigenvalue weighted by atomic mass is 9.97. The first kappa shape index (κ1) is 21.9. The van der Waals surface area contributed by atoms with E-state index in [2.05, 4.69) is 15.3 Å². The van der Waals surface area contributed by atoms with Crippen molar-refractivity contribution in [2.24, 2.45) is 0 Å². The molecule has 0 unspecified atom stereocenters. The Morgan fingerprint density at radius 2 is 1.97 bits per heavy atom. The fourth-order valence-corrected chi connectivity index (χ4v) is 3.55. The number of nitrogens with one attached hydrogen (secondary N) is 3. The van der Waals surface area contributed by atoms with Crippen LogP contribution in [-0.4, -0.2) is 22.1 Å². The van der Waals surface area contributed by atoms with Gasteiger partial charge in [-0.25, -0.2) is 4.98 Å². The van der Waals surface area contributed by atoms with Gasteiger partial charge < -0.3 is 27.2 Å². The molecule has 0 fully saturated rings. The number of halogens is 3. The van der Waals surface area contributed by atoms with E-state index in [1.54, 1.807) is 30.6 Å². The molecule has 33 heavy (non-hydrogen) atoms. The lowest BCUT2D eigenvalue weighted by Gasteiger charge is -2.13. The number of hydrogen-bond acceptors (Lipinski definition) is 5. The molecule has 7 nitrogen and oxygen atoms in total. The molecule has 0 atom stereocenters. The Bertz CT molecular complexity index is 1380. The van der Waals surface area contributed by atoms with Gasteiger partial charge in [-0.1, -0.05) is 12.1 Å². The highest BCUT2D eigenvalue weighted by Gasteiger charge is 2.30. The van der Waals surface area contributed by atoms with Gasteiger partial charge in [0, 0.05) is 35.5 Å². The Morgan fingerprint density at radius 1 is 1.18 bits per heavy atom. The smallest absolute Gasteiger partial charge is 0.398 e. The van der Waals surface area contributed by atoms with E-state index in [9.17, 15) is 18.0 Å². The fraction of sp³-hybridized carbons (Fsp3) is 0.0870. The molecule has 4 aromatic rings. The molecule has 0 aliphatic carbocycles. The highest BCUT2D eigenvalue weighted by Crippen LogP contribution is 2.33. The molecule has 7 N–H and O–H groups in total. The predicted molar refractivity (Wildman–Crippen MR) is 121 cm³/mol. The number of H-pyrrole nitrogens is 1. The second kappa shape index (κ2) is 8.30. The summed E-state index contributed by atoms with van der Waals surface area (Å²) in [5.74, 6) is -0.249. The van der Waals surface area contributed by atoms with E-state index in [0.29, 0.717) is 22.5 Å². The van der Waals surface area contributed by atoms with Gasteiger partial charge in [-0.2, -0.15) is 13.2 Å². The Labute approximate surface area is 186 Å². The number of rotatable bonds is 5. The van der Waals surface area contributed by atoms with Crippen molar-refractivity contribution in [2.75, 3.05) is 11.5 Å². The molecule has 168 valence electrons. The largest absolute Gasteiger partial charge is 0.416 e. The summed E-state index contributed by atoms with van der Waals surface area (Å²) in [7, 11) is 0. The standard InChI is InChI=1S/C23H19F3N6O/c24-23(25,26)15-3-1-2-12(4-15)9-32-22(33)17-6-13(5-14(8-27)21(17)29)18-10-30-19-11-31-20(28)7-16(18)19/h1-8,10-11,27,30H,9,29H2,(H2,28,31)(H,32,33). The van der Waals surface area contributed by atoms with Crippen molar-refractivity contribution < 1.29 is 18.0 Å². The van der Waals surface area contributed by atoms with E-state index in [4.69, 9.17) is 16.9 Å². The van der Waals surface area contributed by atoms with Gasteiger partial charge >= 0.3 is 6.18 Å². The summed E-state index contributed by atoms with van der Waals surface area (Å²) < 4.78 is 38.8. The Morgan fingerprint density at radius 3 is 2.70 bits per heavy atom. The van der Waals surface area contributed by atoms with Gasteiger partial charge in [0.1, 0.15) is 5.82 Å². The molecular weight excluding hydrogens is 433 g/mol. The fourth-order valence-electron chi connectivity index (χ4n) is 3.55. The summed E-state index contributed by atoms with van der Waals surface area (Å²) in [4.78, 5) is 20.0. The van der Waals surface area contributed by atoms with Crippen molar-refractivity contribution >= 4 is 34.5 Å². The number of hydrogen-bond donors (Lipinski definition) is 5.